The number of hydrogen-bond donors (Lipinski definition) is 2. The van der Waals surface area contributed by atoms with Crippen molar-refractivity contribution in [3.05, 3.63) is 76.0 Å². The number of H-pyrrole nitrogens is 1. The van der Waals surface area contributed by atoms with E-state index in [0.717, 1.165) is 11.1 Å². The molecule has 2 N–H and O–H groups in total. The normalized spacial score (nSPS) is 19.1. The summed E-state index contributed by atoms with van der Waals surface area (Å²) in [6, 6.07) is 7.58. The Morgan fingerprint density at radius 1 is 1.36 bits per heavy atom. The predicted octanol–water partition coefficient (Wildman–Crippen LogP) is 0.452. The van der Waals surface area contributed by atoms with E-state index in [2.05, 4.69) is 20.1 Å². The molecule has 144 valence electrons. The lowest BCUT2D eigenvalue weighted by atomic mass is 9.89. The molecule has 9 heteroatoms. The average Bonchev–Trinajstić information content (AvgIpc) is 3.32. The van der Waals surface area contributed by atoms with Gasteiger partial charge >= 0.3 is 0 Å². The summed E-state index contributed by atoms with van der Waals surface area (Å²) in [5, 5.41) is 15.0. The number of carbonyl (C=O) groups is 1. The summed E-state index contributed by atoms with van der Waals surface area (Å²) in [4.78, 5) is 37.3. The van der Waals surface area contributed by atoms with E-state index in [-0.39, 0.29) is 18.7 Å². The number of likely N-dealkylation sites (tertiary alicyclic amines) is 1. The van der Waals surface area contributed by atoms with Crippen molar-refractivity contribution in [2.45, 2.75) is 25.5 Å². The molecule has 4 rings (SSSR count). The summed E-state index contributed by atoms with van der Waals surface area (Å²) >= 11 is 0. The number of nitrogens with zero attached hydrogens (tertiary/aromatic N) is 5. The third-order valence-corrected chi connectivity index (χ3v) is 5.04. The maximum absolute atomic E-state index is 12.8. The summed E-state index contributed by atoms with van der Waals surface area (Å²) in [5.41, 5.74) is 0.100. The zero-order chi connectivity index (χ0) is 19.7. The van der Waals surface area contributed by atoms with E-state index in [1.165, 1.54) is 28.4 Å². The van der Waals surface area contributed by atoms with Crippen LogP contribution in [0, 0.1) is 6.92 Å². The summed E-state index contributed by atoms with van der Waals surface area (Å²) in [5.74, 6) is -0.0598. The Labute approximate surface area is 160 Å². The second kappa shape index (κ2) is 7.01. The molecule has 1 amide bonds. The SMILES string of the molecule is Cc1ccccc1[C@@]1(O)CCN(C(=O)c2cnc(Cn3cncn3)[nH]c2=O)C1. The van der Waals surface area contributed by atoms with Crippen LogP contribution < -0.4 is 5.56 Å². The van der Waals surface area contributed by atoms with Crippen LogP contribution in [0.3, 0.4) is 0 Å². The highest BCUT2D eigenvalue weighted by molar-refractivity contribution is 5.93. The second-order valence-corrected chi connectivity index (χ2v) is 6.99. The van der Waals surface area contributed by atoms with Gasteiger partial charge in [0.2, 0.25) is 0 Å². The van der Waals surface area contributed by atoms with Gasteiger partial charge in [-0.3, -0.25) is 9.59 Å². The van der Waals surface area contributed by atoms with E-state index < -0.39 is 17.1 Å². The maximum atomic E-state index is 12.8. The molecule has 28 heavy (non-hydrogen) atoms. The minimum absolute atomic E-state index is 0.0450. The summed E-state index contributed by atoms with van der Waals surface area (Å²) in [7, 11) is 0. The Balaban J connectivity index is 1.52. The minimum Gasteiger partial charge on any atom is -0.383 e. The fraction of sp³-hybridized carbons (Fsp3) is 0.316. The number of nitrogens with one attached hydrogen (secondary N) is 1. The molecule has 2 aromatic heterocycles. The van der Waals surface area contributed by atoms with Crippen molar-refractivity contribution in [3.8, 4) is 0 Å². The van der Waals surface area contributed by atoms with Gasteiger partial charge in [-0.25, -0.2) is 14.6 Å². The zero-order valence-corrected chi connectivity index (χ0v) is 15.4. The van der Waals surface area contributed by atoms with Crippen molar-refractivity contribution in [2.75, 3.05) is 13.1 Å². The predicted molar refractivity (Wildman–Crippen MR) is 99.6 cm³/mol. The lowest BCUT2D eigenvalue weighted by Crippen LogP contribution is -2.37. The third-order valence-electron chi connectivity index (χ3n) is 5.04. The first-order valence-electron chi connectivity index (χ1n) is 8.95. The fourth-order valence-corrected chi connectivity index (χ4v) is 3.58. The number of aryl methyl sites for hydroxylation is 1. The molecule has 0 radical (unpaired) electrons. The number of amides is 1. The molecule has 1 aliphatic heterocycles. The molecular weight excluding hydrogens is 360 g/mol. The largest absolute Gasteiger partial charge is 0.383 e. The van der Waals surface area contributed by atoms with Gasteiger partial charge in [-0.05, 0) is 24.5 Å². The van der Waals surface area contributed by atoms with Gasteiger partial charge in [0.25, 0.3) is 11.5 Å². The molecule has 0 unspecified atom stereocenters. The Kier molecular flexibility index (Phi) is 4.52. The number of aromatic nitrogens is 5. The van der Waals surface area contributed by atoms with E-state index in [1.54, 1.807) is 0 Å². The molecule has 1 saturated heterocycles. The van der Waals surface area contributed by atoms with Gasteiger partial charge < -0.3 is 15.0 Å². The van der Waals surface area contributed by atoms with E-state index in [0.29, 0.717) is 18.8 Å². The number of benzene rings is 1. The van der Waals surface area contributed by atoms with Crippen LogP contribution >= 0.6 is 0 Å². The molecule has 0 bridgehead atoms. The fourth-order valence-electron chi connectivity index (χ4n) is 3.58. The van der Waals surface area contributed by atoms with Crippen LogP contribution in [0.4, 0.5) is 0 Å². The van der Waals surface area contributed by atoms with Crippen LogP contribution in [0.1, 0.15) is 33.7 Å². The molecule has 0 aliphatic carbocycles. The maximum Gasteiger partial charge on any atom is 0.263 e. The first-order valence-corrected chi connectivity index (χ1v) is 8.95. The number of rotatable bonds is 4. The molecular formula is C19H20N6O3. The summed E-state index contributed by atoms with van der Waals surface area (Å²) < 4.78 is 1.52. The Morgan fingerprint density at radius 3 is 2.89 bits per heavy atom. The van der Waals surface area contributed by atoms with Gasteiger partial charge in [0.1, 0.15) is 36.2 Å². The van der Waals surface area contributed by atoms with Gasteiger partial charge in [0, 0.05) is 12.7 Å². The van der Waals surface area contributed by atoms with E-state index in [4.69, 9.17) is 0 Å². The van der Waals surface area contributed by atoms with Crippen molar-refractivity contribution < 1.29 is 9.90 Å². The smallest absolute Gasteiger partial charge is 0.263 e. The van der Waals surface area contributed by atoms with Crippen LogP contribution in [-0.4, -0.2) is 53.7 Å². The zero-order valence-electron chi connectivity index (χ0n) is 15.4. The number of carbonyl (C=O) groups excluding carboxylic acids is 1. The van der Waals surface area contributed by atoms with Crippen molar-refractivity contribution in [3.63, 3.8) is 0 Å². The quantitative estimate of drug-likeness (QED) is 0.679. The monoisotopic (exact) mass is 380 g/mol. The van der Waals surface area contributed by atoms with Crippen molar-refractivity contribution in [2.24, 2.45) is 0 Å². The lowest BCUT2D eigenvalue weighted by molar-refractivity contribution is 0.0412. The van der Waals surface area contributed by atoms with Crippen molar-refractivity contribution in [1.29, 1.82) is 0 Å². The molecule has 3 heterocycles. The number of aromatic amines is 1. The molecule has 1 aromatic carbocycles. The topological polar surface area (TPSA) is 117 Å². The van der Waals surface area contributed by atoms with E-state index in [1.807, 2.05) is 31.2 Å². The van der Waals surface area contributed by atoms with Gasteiger partial charge in [0.15, 0.2) is 0 Å². The van der Waals surface area contributed by atoms with Crippen LogP contribution in [0.2, 0.25) is 0 Å². The summed E-state index contributed by atoms with van der Waals surface area (Å²) in [6.45, 7) is 2.68. The van der Waals surface area contributed by atoms with Crippen LogP contribution in [0.5, 0.6) is 0 Å². The molecule has 3 aromatic rings. The van der Waals surface area contributed by atoms with Gasteiger partial charge in [-0.15, -0.1) is 0 Å². The Morgan fingerprint density at radius 2 is 2.18 bits per heavy atom. The highest BCUT2D eigenvalue weighted by atomic mass is 16.3. The Hall–Kier alpha value is -3.33. The third kappa shape index (κ3) is 3.31. The van der Waals surface area contributed by atoms with Gasteiger partial charge in [-0.1, -0.05) is 24.3 Å². The van der Waals surface area contributed by atoms with E-state index in [9.17, 15) is 14.7 Å². The second-order valence-electron chi connectivity index (χ2n) is 6.99. The highest BCUT2D eigenvalue weighted by Gasteiger charge is 2.41. The van der Waals surface area contributed by atoms with Crippen LogP contribution in [0.25, 0.3) is 0 Å². The summed E-state index contributed by atoms with van der Waals surface area (Å²) in [6.07, 6.45) is 4.59. The molecule has 0 spiro atoms. The number of β-amino-alcohol motifs (C(OH)–C–C–N with tert-alkyl or cyclic N) is 1. The average molecular weight is 380 g/mol. The first-order chi connectivity index (χ1) is 13.5. The van der Waals surface area contributed by atoms with Gasteiger partial charge in [0.05, 0.1) is 6.54 Å². The van der Waals surface area contributed by atoms with Crippen molar-refractivity contribution >= 4 is 5.91 Å². The molecule has 1 fully saturated rings. The standard InChI is InChI=1S/C19H20N6O3/c1-13-4-2-3-5-15(13)19(28)6-7-24(10-19)18(27)14-8-21-16(23-17(14)26)9-25-12-20-11-22-25/h2-5,8,11-12,28H,6-7,9-10H2,1H3,(H,21,23,26)/t19-/m1/s1. The van der Waals surface area contributed by atoms with Crippen LogP contribution in [0.15, 0.2) is 47.9 Å². The van der Waals surface area contributed by atoms with E-state index >= 15 is 0 Å². The number of aliphatic hydroxyl groups is 1. The van der Waals surface area contributed by atoms with Gasteiger partial charge in [-0.2, -0.15) is 5.10 Å². The van der Waals surface area contributed by atoms with Crippen molar-refractivity contribution in [1.82, 2.24) is 29.6 Å². The minimum atomic E-state index is -1.12. The highest BCUT2D eigenvalue weighted by Crippen LogP contribution is 2.34. The Bertz CT molecular complexity index is 1060. The first kappa shape index (κ1) is 18.1. The molecule has 9 nitrogen and oxygen atoms in total. The molecule has 0 saturated carbocycles. The lowest BCUT2D eigenvalue weighted by Gasteiger charge is -2.25. The molecule has 1 atom stereocenters. The van der Waals surface area contributed by atoms with Crippen LogP contribution in [-0.2, 0) is 12.1 Å². The molecule has 1 aliphatic rings. The number of hydrogen-bond acceptors (Lipinski definition) is 6.